The minimum absolute atomic E-state index is 0.0920. The Labute approximate surface area is 179 Å². The Balaban J connectivity index is 2.29. The molecule has 0 radical (unpaired) electrons. The van der Waals surface area contributed by atoms with Crippen LogP contribution in [0.5, 0.6) is 5.75 Å². The molecule has 150 valence electrons. The first-order valence-corrected chi connectivity index (χ1v) is 9.10. The van der Waals surface area contributed by atoms with E-state index in [1.807, 2.05) is 0 Å². The van der Waals surface area contributed by atoms with Crippen LogP contribution in [-0.2, 0) is 4.74 Å². The number of anilines is 1. The van der Waals surface area contributed by atoms with Crippen LogP contribution in [0.1, 0.15) is 5.56 Å². The molecule has 0 heterocycles. The maximum Gasteiger partial charge on any atom is 0.428 e. The van der Waals surface area contributed by atoms with E-state index >= 15 is 0 Å². The third-order valence-corrected chi connectivity index (χ3v) is 4.34. The van der Waals surface area contributed by atoms with Crippen LogP contribution in [0, 0.1) is 0 Å². The maximum absolute atomic E-state index is 13.6. The van der Waals surface area contributed by atoms with Crippen molar-refractivity contribution in [2.75, 3.05) is 12.4 Å². The fraction of sp³-hybridized carbons (Fsp3) is 0.176. The van der Waals surface area contributed by atoms with Crippen molar-refractivity contribution in [3.63, 3.8) is 0 Å². The van der Waals surface area contributed by atoms with Gasteiger partial charge in [-0.2, -0.15) is 13.8 Å². The number of carbonyl (C=O) groups excluding carboxylic acids is 1. The van der Waals surface area contributed by atoms with Gasteiger partial charge in [0.05, 0.1) is 28.4 Å². The average molecular weight is 472 g/mol. The summed E-state index contributed by atoms with van der Waals surface area (Å²) in [4.78, 5) is 13.9. The molecule has 2 aromatic carbocycles. The molecule has 0 aliphatic rings. The summed E-state index contributed by atoms with van der Waals surface area (Å²) in [7, 11) is 1.27. The highest BCUT2D eigenvalue weighted by Gasteiger charge is 2.40. The van der Waals surface area contributed by atoms with Crippen LogP contribution in [0.15, 0.2) is 47.5 Å². The SMILES string of the molecule is CO/C(=N\C(=O)Nc1ccccc1OC(F)(F)C(Cl)Cl)c1c(Cl)cccc1Cl. The Bertz CT molecular complexity index is 874. The lowest BCUT2D eigenvalue weighted by Gasteiger charge is -2.20. The topological polar surface area (TPSA) is 59.9 Å². The highest BCUT2D eigenvalue weighted by molar-refractivity contribution is 6.44. The number of ether oxygens (including phenoxy) is 2. The number of aliphatic imine (C=N–C) groups is 1. The molecule has 11 heteroatoms. The fourth-order valence-electron chi connectivity index (χ4n) is 1.99. The fourth-order valence-corrected chi connectivity index (χ4v) is 2.64. The largest absolute Gasteiger partial charge is 0.480 e. The highest BCUT2D eigenvalue weighted by atomic mass is 35.5. The van der Waals surface area contributed by atoms with Gasteiger partial charge in [-0.05, 0) is 24.3 Å². The average Bonchev–Trinajstić information content (AvgIpc) is 2.62. The molecule has 5 nitrogen and oxygen atoms in total. The summed E-state index contributed by atoms with van der Waals surface area (Å²) in [5.41, 5.74) is 0.109. The third-order valence-electron chi connectivity index (χ3n) is 3.20. The molecular formula is C17H12Cl4F2N2O3. The number of halogens is 6. The predicted octanol–water partition coefficient (Wildman–Crippen LogP) is 6.39. The lowest BCUT2D eigenvalue weighted by Crippen LogP contribution is -2.32. The molecule has 2 amide bonds. The van der Waals surface area contributed by atoms with Crippen LogP contribution in [-0.4, -0.2) is 30.0 Å². The lowest BCUT2D eigenvalue weighted by molar-refractivity contribution is -0.163. The number of nitrogens with one attached hydrogen (secondary N) is 1. The summed E-state index contributed by atoms with van der Waals surface area (Å²) in [6.45, 7) is 0. The number of hydrogen-bond donors (Lipinski definition) is 1. The van der Waals surface area contributed by atoms with Gasteiger partial charge in [-0.3, -0.25) is 0 Å². The first-order chi connectivity index (χ1) is 13.2. The van der Waals surface area contributed by atoms with Gasteiger partial charge in [0.1, 0.15) is 5.75 Å². The van der Waals surface area contributed by atoms with Crippen molar-refractivity contribution >= 4 is 64.0 Å². The summed E-state index contributed by atoms with van der Waals surface area (Å²) in [5, 5.41) is 2.72. The molecule has 2 aromatic rings. The minimum atomic E-state index is -3.88. The van der Waals surface area contributed by atoms with E-state index < -0.39 is 17.0 Å². The highest BCUT2D eigenvalue weighted by Crippen LogP contribution is 2.34. The number of alkyl halides is 4. The molecule has 0 aliphatic carbocycles. The molecule has 0 bridgehead atoms. The Morgan fingerprint density at radius 3 is 2.29 bits per heavy atom. The second kappa shape index (κ2) is 9.60. The molecule has 1 N–H and O–H groups in total. The Hall–Kier alpha value is -1.80. The second-order valence-corrected chi connectivity index (χ2v) is 7.02. The predicted molar refractivity (Wildman–Crippen MR) is 107 cm³/mol. The van der Waals surface area contributed by atoms with E-state index in [0.29, 0.717) is 0 Å². The van der Waals surface area contributed by atoms with Gasteiger partial charge in [0.25, 0.3) is 0 Å². The number of nitrogens with zero attached hydrogens (tertiary/aromatic N) is 1. The van der Waals surface area contributed by atoms with Gasteiger partial charge in [-0.15, -0.1) is 0 Å². The number of benzene rings is 2. The molecule has 0 saturated carbocycles. The summed E-state index contributed by atoms with van der Waals surface area (Å²) in [6, 6.07) is 9.18. The molecule has 0 unspecified atom stereocenters. The van der Waals surface area contributed by atoms with Crippen molar-refractivity contribution in [2.24, 2.45) is 4.99 Å². The quantitative estimate of drug-likeness (QED) is 0.312. The molecule has 28 heavy (non-hydrogen) atoms. The minimum Gasteiger partial charge on any atom is -0.480 e. The summed E-state index contributed by atoms with van der Waals surface area (Å²) >= 11 is 22.5. The van der Waals surface area contributed by atoms with Gasteiger partial charge < -0.3 is 14.8 Å². The standard InChI is InChI=1S/C17H12Cl4F2N2O3/c1-27-14(13-9(18)5-4-6-10(13)19)25-16(26)24-11-7-2-3-8-12(11)28-17(22,23)15(20)21/h2-8,15H,1H3,(H,24,26)/b25-14-. The van der Waals surface area contributed by atoms with Crippen LogP contribution in [0.4, 0.5) is 19.3 Å². The lowest BCUT2D eigenvalue weighted by atomic mass is 10.2. The van der Waals surface area contributed by atoms with Crippen molar-refractivity contribution in [1.82, 2.24) is 0 Å². The Morgan fingerprint density at radius 2 is 1.71 bits per heavy atom. The van der Waals surface area contributed by atoms with Crippen molar-refractivity contribution < 1.29 is 23.0 Å². The van der Waals surface area contributed by atoms with E-state index in [2.05, 4.69) is 15.0 Å². The van der Waals surface area contributed by atoms with Crippen LogP contribution in [0.25, 0.3) is 0 Å². The maximum atomic E-state index is 13.6. The molecular weight excluding hydrogens is 460 g/mol. The van der Waals surface area contributed by atoms with Gasteiger partial charge >= 0.3 is 12.1 Å². The van der Waals surface area contributed by atoms with E-state index in [-0.39, 0.29) is 32.9 Å². The van der Waals surface area contributed by atoms with E-state index in [1.54, 1.807) is 6.07 Å². The number of rotatable bonds is 5. The van der Waals surface area contributed by atoms with Gasteiger partial charge in [0, 0.05) is 0 Å². The van der Waals surface area contributed by atoms with Gasteiger partial charge in [0.15, 0.2) is 0 Å². The summed E-state index contributed by atoms with van der Waals surface area (Å²) in [6.07, 6.45) is -3.88. The van der Waals surface area contributed by atoms with Crippen LogP contribution >= 0.6 is 46.4 Å². The van der Waals surface area contributed by atoms with Crippen LogP contribution in [0.2, 0.25) is 10.0 Å². The van der Waals surface area contributed by atoms with E-state index in [1.165, 1.54) is 43.5 Å². The van der Waals surface area contributed by atoms with E-state index in [4.69, 9.17) is 51.1 Å². The summed E-state index contributed by atoms with van der Waals surface area (Å²) < 4.78 is 36.9. The second-order valence-electron chi connectivity index (χ2n) is 5.11. The molecule has 0 fully saturated rings. The zero-order chi connectivity index (χ0) is 20.9. The van der Waals surface area contributed by atoms with Crippen molar-refractivity contribution in [3.05, 3.63) is 58.1 Å². The number of methoxy groups -OCH3 is 1. The zero-order valence-corrected chi connectivity index (χ0v) is 17.1. The van der Waals surface area contributed by atoms with Crippen LogP contribution in [0.3, 0.4) is 0 Å². The zero-order valence-electron chi connectivity index (χ0n) is 14.1. The van der Waals surface area contributed by atoms with Crippen molar-refractivity contribution in [3.8, 4) is 5.75 Å². The van der Waals surface area contributed by atoms with Gasteiger partial charge in [-0.1, -0.05) is 64.6 Å². The molecule has 0 aromatic heterocycles. The van der Waals surface area contributed by atoms with Crippen molar-refractivity contribution in [2.45, 2.75) is 10.9 Å². The first kappa shape index (κ1) is 22.5. The smallest absolute Gasteiger partial charge is 0.428 e. The number of para-hydroxylation sites is 2. The van der Waals surface area contributed by atoms with E-state index in [9.17, 15) is 13.6 Å². The molecule has 2 rings (SSSR count). The number of carbonyl (C=O) groups is 1. The van der Waals surface area contributed by atoms with Gasteiger partial charge in [-0.25, -0.2) is 4.79 Å². The van der Waals surface area contributed by atoms with Crippen molar-refractivity contribution in [1.29, 1.82) is 0 Å². The molecule has 0 aliphatic heterocycles. The first-order valence-electron chi connectivity index (χ1n) is 7.47. The van der Waals surface area contributed by atoms with Gasteiger partial charge in [0.2, 0.25) is 10.7 Å². The molecule has 0 spiro atoms. The number of urea groups is 1. The summed E-state index contributed by atoms with van der Waals surface area (Å²) in [5.74, 6) is -0.532. The number of amides is 2. The molecule has 0 atom stereocenters. The van der Waals surface area contributed by atoms with E-state index in [0.717, 1.165) is 0 Å². The monoisotopic (exact) mass is 470 g/mol. The third kappa shape index (κ3) is 5.61. The Morgan fingerprint density at radius 1 is 1.11 bits per heavy atom. The normalized spacial score (nSPS) is 12.1. The van der Waals surface area contributed by atoms with Crippen LogP contribution < -0.4 is 10.1 Å². The number of hydrogen-bond acceptors (Lipinski definition) is 3. The molecule has 0 saturated heterocycles. The Kier molecular flexibility index (Phi) is 7.71.